The van der Waals surface area contributed by atoms with Crippen LogP contribution in [0.25, 0.3) is 0 Å². The maximum Gasteiger partial charge on any atom is 0 e. The molecule has 0 saturated heterocycles. The van der Waals surface area contributed by atoms with Gasteiger partial charge in [-0.1, -0.05) is 47.0 Å². The second-order valence-electron chi connectivity index (χ2n) is 5.87. The van der Waals surface area contributed by atoms with E-state index >= 15 is 0 Å². The molecule has 0 aliphatic rings. The van der Waals surface area contributed by atoms with Crippen LogP contribution in [-0.4, -0.2) is 0 Å². The van der Waals surface area contributed by atoms with E-state index in [9.17, 15) is 0 Å². The molecule has 1 unspecified atom stereocenters. The summed E-state index contributed by atoms with van der Waals surface area (Å²) in [6.45, 7) is 17.7. The van der Waals surface area contributed by atoms with Crippen LogP contribution in [0.15, 0.2) is 0 Å². The molecule has 13 heavy (non-hydrogen) atoms. The van der Waals surface area contributed by atoms with E-state index in [1.807, 2.05) is 0 Å². The number of hydrogen-bond acceptors (Lipinski definition) is 0. The van der Waals surface area contributed by atoms with Gasteiger partial charge in [-0.25, -0.2) is 6.42 Å². The van der Waals surface area contributed by atoms with Crippen molar-refractivity contribution < 1.29 is 32.7 Å². The van der Waals surface area contributed by atoms with E-state index in [-0.39, 0.29) is 32.7 Å². The SMILES string of the molecule is [CH2-]C(C[CH-]C(C)(C)C)C(C)(C)C.[Y]. The van der Waals surface area contributed by atoms with Gasteiger partial charge in [-0.05, 0) is 0 Å². The van der Waals surface area contributed by atoms with Gasteiger partial charge in [0.05, 0.1) is 0 Å². The second-order valence-corrected chi connectivity index (χ2v) is 5.87. The fraction of sp³-hybridized carbons (Fsp3) is 0.833. The second kappa shape index (κ2) is 5.86. The Balaban J connectivity index is 0. The third-order valence-corrected chi connectivity index (χ3v) is 2.24. The van der Waals surface area contributed by atoms with Gasteiger partial charge in [-0.15, -0.1) is 0 Å². The van der Waals surface area contributed by atoms with Crippen molar-refractivity contribution in [3.05, 3.63) is 13.3 Å². The Morgan fingerprint density at radius 1 is 1.08 bits per heavy atom. The maximum atomic E-state index is 4.18. The first kappa shape index (κ1) is 16.5. The fourth-order valence-corrected chi connectivity index (χ4v) is 0.849. The van der Waals surface area contributed by atoms with Crippen molar-refractivity contribution in [2.75, 3.05) is 0 Å². The Morgan fingerprint density at radius 3 is 1.69 bits per heavy atom. The summed E-state index contributed by atoms with van der Waals surface area (Å²) < 4.78 is 0. The van der Waals surface area contributed by atoms with Crippen LogP contribution < -0.4 is 0 Å². The third-order valence-electron chi connectivity index (χ3n) is 2.24. The first-order chi connectivity index (χ1) is 5.13. The quantitative estimate of drug-likeness (QED) is 0.653. The van der Waals surface area contributed by atoms with E-state index in [1.165, 1.54) is 0 Å². The van der Waals surface area contributed by atoms with Crippen LogP contribution in [0.1, 0.15) is 48.0 Å². The summed E-state index contributed by atoms with van der Waals surface area (Å²) in [5.74, 6) is 0.525. The number of hydrogen-bond donors (Lipinski definition) is 0. The molecule has 0 nitrogen and oxygen atoms in total. The van der Waals surface area contributed by atoms with Crippen molar-refractivity contribution in [1.82, 2.24) is 0 Å². The standard InChI is InChI=1S/C12H24.Y/c1-10(12(5,6)7)8-9-11(2,3)4;/h9-10H,1,8H2,2-7H3;/q-2;. The largest absolute Gasteiger partial charge is 0.342 e. The summed E-state index contributed by atoms with van der Waals surface area (Å²) >= 11 is 0. The van der Waals surface area contributed by atoms with Gasteiger partial charge in [0.15, 0.2) is 0 Å². The van der Waals surface area contributed by atoms with Crippen LogP contribution in [0.5, 0.6) is 0 Å². The first-order valence-electron chi connectivity index (χ1n) is 4.80. The topological polar surface area (TPSA) is 0 Å². The average Bonchev–Trinajstić information content (AvgIpc) is 1.78. The molecule has 0 aromatic heterocycles. The normalized spacial score (nSPS) is 15.0. The summed E-state index contributed by atoms with van der Waals surface area (Å²) in [5.41, 5.74) is 0.670. The molecule has 0 spiro atoms. The van der Waals surface area contributed by atoms with E-state index in [2.05, 4.69) is 54.9 Å². The molecule has 0 saturated carbocycles. The van der Waals surface area contributed by atoms with Crippen molar-refractivity contribution in [3.63, 3.8) is 0 Å². The summed E-state index contributed by atoms with van der Waals surface area (Å²) in [5, 5.41) is 0. The van der Waals surface area contributed by atoms with Crippen molar-refractivity contribution >= 4 is 0 Å². The zero-order chi connectivity index (χ0) is 9.99. The van der Waals surface area contributed by atoms with Crippen LogP contribution in [0.4, 0.5) is 0 Å². The minimum Gasteiger partial charge on any atom is -0.342 e. The van der Waals surface area contributed by atoms with Gasteiger partial charge in [-0.2, -0.15) is 11.3 Å². The van der Waals surface area contributed by atoms with Gasteiger partial charge < -0.3 is 13.3 Å². The Labute approximate surface area is 110 Å². The van der Waals surface area contributed by atoms with Gasteiger partial charge in [-0.3, -0.25) is 0 Å². The van der Waals surface area contributed by atoms with Gasteiger partial charge in [0.25, 0.3) is 0 Å². The zero-order valence-corrected chi connectivity index (χ0v) is 13.0. The summed E-state index contributed by atoms with van der Waals surface area (Å²) in [6.07, 6.45) is 3.49. The van der Waals surface area contributed by atoms with Crippen molar-refractivity contribution in [2.45, 2.75) is 48.0 Å². The maximum absolute atomic E-state index is 4.18. The minimum atomic E-state index is 0. The average molecular weight is 257 g/mol. The summed E-state index contributed by atoms with van der Waals surface area (Å²) in [6, 6.07) is 0. The van der Waals surface area contributed by atoms with E-state index in [0.717, 1.165) is 6.42 Å². The molecular weight excluding hydrogens is 233 g/mol. The molecule has 0 heterocycles. The summed E-state index contributed by atoms with van der Waals surface area (Å²) in [4.78, 5) is 0. The third kappa shape index (κ3) is 9.41. The molecule has 0 bridgehead atoms. The van der Waals surface area contributed by atoms with Crippen LogP contribution in [-0.2, 0) is 32.7 Å². The molecule has 0 aromatic rings. The Hall–Kier alpha value is 1.10. The Bertz CT molecular complexity index is 125. The molecule has 0 fully saturated rings. The predicted molar refractivity (Wildman–Crippen MR) is 56.7 cm³/mol. The molecule has 1 heteroatoms. The molecule has 0 aromatic carbocycles. The van der Waals surface area contributed by atoms with E-state index in [4.69, 9.17) is 0 Å². The van der Waals surface area contributed by atoms with Crippen LogP contribution in [0.3, 0.4) is 0 Å². The Morgan fingerprint density at radius 2 is 1.46 bits per heavy atom. The molecule has 0 aliphatic heterocycles. The Kier molecular flexibility index (Phi) is 7.45. The molecule has 1 radical (unpaired) electrons. The van der Waals surface area contributed by atoms with Crippen molar-refractivity contribution in [1.29, 1.82) is 0 Å². The smallest absolute Gasteiger partial charge is 0 e. The van der Waals surface area contributed by atoms with Crippen molar-refractivity contribution in [3.8, 4) is 0 Å². The van der Waals surface area contributed by atoms with E-state index in [0.29, 0.717) is 16.7 Å². The van der Waals surface area contributed by atoms with E-state index < -0.39 is 0 Å². The van der Waals surface area contributed by atoms with Crippen LogP contribution in [0.2, 0.25) is 0 Å². The zero-order valence-electron chi connectivity index (χ0n) is 10.1. The van der Waals surface area contributed by atoms with Crippen molar-refractivity contribution in [2.24, 2.45) is 16.7 Å². The van der Waals surface area contributed by atoms with Crippen LogP contribution in [0, 0.1) is 30.1 Å². The first-order valence-corrected chi connectivity index (χ1v) is 4.80. The van der Waals surface area contributed by atoms with Gasteiger partial charge in [0.2, 0.25) is 0 Å². The molecule has 77 valence electrons. The van der Waals surface area contributed by atoms with Gasteiger partial charge in [0.1, 0.15) is 0 Å². The molecule has 0 N–H and O–H groups in total. The summed E-state index contributed by atoms with van der Waals surface area (Å²) in [7, 11) is 0. The monoisotopic (exact) mass is 257 g/mol. The van der Waals surface area contributed by atoms with E-state index in [1.54, 1.807) is 0 Å². The predicted octanol–water partition coefficient (Wildman–Crippen LogP) is 4.12. The van der Waals surface area contributed by atoms with Gasteiger partial charge in [0, 0.05) is 32.7 Å². The molecule has 0 rings (SSSR count). The molecule has 1 atom stereocenters. The minimum absolute atomic E-state index is 0. The fourth-order valence-electron chi connectivity index (χ4n) is 0.849. The van der Waals surface area contributed by atoms with Crippen LogP contribution >= 0.6 is 0 Å². The number of rotatable bonds is 2. The molecule has 0 amide bonds. The molecule has 0 aliphatic carbocycles. The van der Waals surface area contributed by atoms with Gasteiger partial charge >= 0.3 is 0 Å². The molecular formula is C12H24Y-2.